The number of hydrogen-bond donors (Lipinski definition) is 0. The van der Waals surface area contributed by atoms with Crippen molar-refractivity contribution in [2.75, 3.05) is 0 Å². The minimum atomic E-state index is -2.25. The van der Waals surface area contributed by atoms with Crippen molar-refractivity contribution < 1.29 is 36.9 Å². The monoisotopic (exact) mass is 950 g/mol. The normalized spacial score (nSPS) is 15.3. The van der Waals surface area contributed by atoms with Crippen LogP contribution in [0.2, 0.25) is 0 Å². The maximum atomic E-state index is 9.08. The van der Waals surface area contributed by atoms with Gasteiger partial charge in [0, 0.05) is 55.6 Å². The molecular formula is C54H56IrN2O-2. The summed E-state index contributed by atoms with van der Waals surface area (Å²) in [7, 11) is 0. The first-order valence-corrected chi connectivity index (χ1v) is 19.4. The van der Waals surface area contributed by atoms with Gasteiger partial charge in [0.2, 0.25) is 0 Å². The third-order valence-corrected chi connectivity index (χ3v) is 9.10. The van der Waals surface area contributed by atoms with Crippen LogP contribution in [0.4, 0.5) is 0 Å². The predicted octanol–water partition coefficient (Wildman–Crippen LogP) is 14.9. The molecule has 0 unspecified atom stereocenters. The number of hydrogen-bond acceptors (Lipinski definition) is 3. The summed E-state index contributed by atoms with van der Waals surface area (Å²) in [5.41, 5.74) is 4.51. The van der Waals surface area contributed by atoms with Crippen molar-refractivity contribution in [3.05, 3.63) is 156 Å². The summed E-state index contributed by atoms with van der Waals surface area (Å²) in [6.07, 6.45) is -2.10. The van der Waals surface area contributed by atoms with Crippen LogP contribution in [0.1, 0.15) is 96.9 Å². The molecule has 0 aliphatic heterocycles. The summed E-state index contributed by atoms with van der Waals surface area (Å²) >= 11 is 0. The zero-order chi connectivity index (χ0) is 48.4. The SMILES string of the molecule is [2H]C([2H])([2H])c1c[c-]c(-c2ccc(C([2H])([2H])C(C)(C)C)cn2)cc1-c1ccccc1.[2H]C([2H])(c1cnc(-c2[c-]ccc3c2oc2c4ccccc4ccc32)cc1C([2H])([2H])C(C)(C)C)C(C)(C)C.[Ir]. The van der Waals surface area contributed by atoms with Crippen molar-refractivity contribution in [1.82, 2.24) is 9.97 Å². The molecule has 0 atom stereocenters. The Balaban J connectivity index is 0.000000224. The fourth-order valence-corrected chi connectivity index (χ4v) is 6.82. The van der Waals surface area contributed by atoms with E-state index >= 15 is 0 Å². The average molecular weight is 950 g/mol. The molecule has 3 nitrogen and oxygen atoms in total. The smallest absolute Gasteiger partial charge is 0.128 e. The van der Waals surface area contributed by atoms with E-state index in [0.717, 1.165) is 32.7 Å². The molecule has 0 saturated heterocycles. The molecule has 8 rings (SSSR count). The first kappa shape index (κ1) is 32.0. The second-order valence-corrected chi connectivity index (χ2v) is 17.6. The van der Waals surface area contributed by atoms with E-state index in [4.69, 9.17) is 16.8 Å². The van der Waals surface area contributed by atoms with Gasteiger partial charge in [-0.05, 0) is 74.4 Å². The van der Waals surface area contributed by atoms with Crippen molar-refractivity contribution in [2.45, 2.75) is 88.3 Å². The molecule has 5 aromatic carbocycles. The van der Waals surface area contributed by atoms with Crippen LogP contribution in [0.5, 0.6) is 0 Å². The van der Waals surface area contributed by atoms with Gasteiger partial charge in [0.15, 0.2) is 0 Å². The number of aryl methyl sites for hydroxylation is 1. The van der Waals surface area contributed by atoms with E-state index in [1.165, 1.54) is 12.3 Å². The first-order valence-electron chi connectivity index (χ1n) is 23.9. The van der Waals surface area contributed by atoms with Gasteiger partial charge in [0.1, 0.15) is 5.58 Å². The standard InChI is InChI=1S/C31H32NO.C23H24N.Ir/c1-30(2,3)17-21-16-27(32-19-22(21)18-31(4,5)6)26-13-9-12-24-25-15-14-20-10-7-8-11-23(20)28(25)33-29(24)26;1-17-10-12-20(14-21(17)19-8-6-5-7-9-19)22-13-11-18(16-24-22)15-23(2,3)4;/h7-12,14-16,19H,17-18H2,1-6H3;5-11,13-14,16H,15H2,1-4H3;/q2*-1;/i17D2,18D2;1D3,15D2;. The fraction of sp³-hybridized carbons (Fsp3) is 0.296. The largest absolute Gasteiger partial charge is 0.500 e. The number of rotatable bonds is 6. The van der Waals surface area contributed by atoms with Crippen molar-refractivity contribution in [2.24, 2.45) is 16.2 Å². The molecule has 4 heteroatoms. The summed E-state index contributed by atoms with van der Waals surface area (Å²) < 4.78 is 82.8. The summed E-state index contributed by atoms with van der Waals surface area (Å²) in [5.74, 6) is 0. The summed E-state index contributed by atoms with van der Waals surface area (Å²) in [6, 6.07) is 40.2. The molecule has 299 valence electrons. The molecule has 1 radical (unpaired) electrons. The summed E-state index contributed by atoms with van der Waals surface area (Å²) in [4.78, 5) is 9.11. The summed E-state index contributed by atoms with van der Waals surface area (Å²) in [6.45, 7) is 14.3. The van der Waals surface area contributed by atoms with Gasteiger partial charge in [-0.3, -0.25) is 0 Å². The van der Waals surface area contributed by atoms with Gasteiger partial charge in [-0.1, -0.05) is 171 Å². The molecule has 0 aliphatic carbocycles. The maximum absolute atomic E-state index is 9.08. The van der Waals surface area contributed by atoms with Crippen LogP contribution >= 0.6 is 0 Å². The van der Waals surface area contributed by atoms with Crippen LogP contribution in [0.15, 0.2) is 126 Å². The Bertz CT molecular complexity index is 3050. The van der Waals surface area contributed by atoms with Crippen LogP contribution in [0, 0.1) is 35.2 Å². The molecule has 0 aliphatic rings. The van der Waals surface area contributed by atoms with E-state index in [0.29, 0.717) is 44.8 Å². The van der Waals surface area contributed by atoms with Gasteiger partial charge >= 0.3 is 0 Å². The maximum Gasteiger partial charge on any atom is 0.128 e. The zero-order valence-corrected chi connectivity index (χ0v) is 37.1. The van der Waals surface area contributed by atoms with Crippen LogP contribution in [-0.4, -0.2) is 9.97 Å². The van der Waals surface area contributed by atoms with E-state index in [1.807, 2.05) is 123 Å². The molecule has 0 saturated carbocycles. The van der Waals surface area contributed by atoms with Gasteiger partial charge in [-0.2, -0.15) is 0 Å². The minimum absolute atomic E-state index is 0. The molecular weight excluding hydrogens is 885 g/mol. The Morgan fingerprint density at radius 3 is 1.98 bits per heavy atom. The number of fused-ring (bicyclic) bond motifs is 5. The van der Waals surface area contributed by atoms with Crippen LogP contribution in [0.3, 0.4) is 0 Å². The Kier molecular flexibility index (Phi) is 9.46. The second-order valence-electron chi connectivity index (χ2n) is 17.6. The van der Waals surface area contributed by atoms with Crippen LogP contribution in [0.25, 0.3) is 66.4 Å². The number of furan rings is 1. The Labute approximate surface area is 372 Å². The Hall–Kier alpha value is -4.89. The van der Waals surface area contributed by atoms with Crippen LogP contribution in [-0.2, 0) is 39.2 Å². The fourth-order valence-electron chi connectivity index (χ4n) is 6.82. The van der Waals surface area contributed by atoms with Crippen molar-refractivity contribution in [3.8, 4) is 33.6 Å². The molecule has 0 N–H and O–H groups in total. The molecule has 0 amide bonds. The number of aromatic nitrogens is 2. The minimum Gasteiger partial charge on any atom is -0.500 e. The molecule has 0 bridgehead atoms. The number of pyridine rings is 2. The molecule has 58 heavy (non-hydrogen) atoms. The summed E-state index contributed by atoms with van der Waals surface area (Å²) in [5, 5.41) is 4.04. The molecule has 8 aromatic rings. The van der Waals surface area contributed by atoms with Gasteiger partial charge in [-0.25, -0.2) is 0 Å². The second kappa shape index (κ2) is 17.1. The number of nitrogens with zero attached hydrogens (tertiary/aromatic N) is 2. The topological polar surface area (TPSA) is 38.9 Å². The van der Waals surface area contributed by atoms with Gasteiger partial charge in [-0.15, -0.1) is 47.5 Å². The van der Waals surface area contributed by atoms with Gasteiger partial charge in [0.25, 0.3) is 0 Å². The third-order valence-electron chi connectivity index (χ3n) is 9.10. The quantitative estimate of drug-likeness (QED) is 0.156. The first-order chi connectivity index (χ1) is 30.6. The zero-order valence-electron chi connectivity index (χ0n) is 43.7. The molecule has 0 fully saturated rings. The van der Waals surface area contributed by atoms with E-state index in [-0.39, 0.29) is 31.2 Å². The van der Waals surface area contributed by atoms with Crippen molar-refractivity contribution >= 4 is 32.7 Å². The van der Waals surface area contributed by atoms with E-state index < -0.39 is 42.2 Å². The average Bonchev–Trinajstić information content (AvgIpc) is 3.65. The van der Waals surface area contributed by atoms with Gasteiger partial charge < -0.3 is 14.4 Å². The van der Waals surface area contributed by atoms with E-state index in [9.17, 15) is 0 Å². The predicted molar refractivity (Wildman–Crippen MR) is 241 cm³/mol. The molecule has 3 heterocycles. The molecule has 3 aromatic heterocycles. The Morgan fingerprint density at radius 2 is 1.29 bits per heavy atom. The van der Waals surface area contributed by atoms with Crippen molar-refractivity contribution in [1.29, 1.82) is 0 Å². The Morgan fingerprint density at radius 1 is 0.621 bits per heavy atom. The van der Waals surface area contributed by atoms with E-state index in [1.54, 1.807) is 30.5 Å². The number of benzene rings is 5. The van der Waals surface area contributed by atoms with Crippen LogP contribution < -0.4 is 0 Å². The van der Waals surface area contributed by atoms with E-state index in [2.05, 4.69) is 40.3 Å². The third kappa shape index (κ3) is 10.2. The van der Waals surface area contributed by atoms with Crippen molar-refractivity contribution in [3.63, 3.8) is 0 Å². The molecule has 0 spiro atoms. The van der Waals surface area contributed by atoms with Gasteiger partial charge in [0.05, 0.1) is 5.58 Å².